The third kappa shape index (κ3) is 6.56. The molecular formula is C39H39F3N4O2S. The maximum atomic E-state index is 13.9. The summed E-state index contributed by atoms with van der Waals surface area (Å²) in [5, 5.41) is 2.24. The predicted molar refractivity (Wildman–Crippen MR) is 186 cm³/mol. The first-order valence-electron chi connectivity index (χ1n) is 16.8. The molecule has 3 aliphatic heterocycles. The van der Waals surface area contributed by atoms with Gasteiger partial charge in [-0.15, -0.1) is 0 Å². The molecule has 0 bridgehead atoms. The largest absolute Gasteiger partial charge is 0.405 e. The van der Waals surface area contributed by atoms with E-state index in [1.54, 1.807) is 11.8 Å². The normalized spacial score (nSPS) is 17.7. The van der Waals surface area contributed by atoms with Crippen molar-refractivity contribution in [1.29, 1.82) is 0 Å². The van der Waals surface area contributed by atoms with Crippen molar-refractivity contribution in [3.63, 3.8) is 0 Å². The van der Waals surface area contributed by atoms with Gasteiger partial charge in [0.1, 0.15) is 12.0 Å². The molecule has 3 aliphatic rings. The Morgan fingerprint density at radius 1 is 0.878 bits per heavy atom. The van der Waals surface area contributed by atoms with Crippen LogP contribution in [-0.4, -0.2) is 67.1 Å². The van der Waals surface area contributed by atoms with Gasteiger partial charge in [-0.1, -0.05) is 84.6 Å². The van der Waals surface area contributed by atoms with Crippen molar-refractivity contribution in [2.45, 2.75) is 53.7 Å². The van der Waals surface area contributed by atoms with E-state index in [1.165, 1.54) is 0 Å². The number of halogens is 3. The number of benzene rings is 4. The van der Waals surface area contributed by atoms with E-state index in [4.69, 9.17) is 0 Å². The van der Waals surface area contributed by atoms with Crippen LogP contribution in [0, 0.1) is 0 Å². The van der Waals surface area contributed by atoms with E-state index in [1.807, 2.05) is 77.7 Å². The highest BCUT2D eigenvalue weighted by atomic mass is 32.2. The van der Waals surface area contributed by atoms with E-state index in [2.05, 4.69) is 46.3 Å². The number of hydrogen-bond acceptors (Lipinski definition) is 5. The van der Waals surface area contributed by atoms with Gasteiger partial charge < -0.3 is 15.1 Å². The summed E-state index contributed by atoms with van der Waals surface area (Å²) in [6, 6.07) is 31.4. The molecule has 1 unspecified atom stereocenters. The second-order valence-electron chi connectivity index (χ2n) is 13.1. The Labute approximate surface area is 289 Å². The van der Waals surface area contributed by atoms with Crippen LogP contribution >= 0.6 is 11.8 Å². The topological polar surface area (TPSA) is 55.9 Å². The summed E-state index contributed by atoms with van der Waals surface area (Å²) in [5.74, 6) is -0.554. The molecule has 1 saturated heterocycles. The molecule has 6 nitrogen and oxygen atoms in total. The lowest BCUT2D eigenvalue weighted by Gasteiger charge is -2.40. The number of anilines is 1. The van der Waals surface area contributed by atoms with Crippen molar-refractivity contribution in [3.8, 4) is 0 Å². The summed E-state index contributed by atoms with van der Waals surface area (Å²) in [7, 11) is 0. The molecule has 0 aromatic heterocycles. The molecule has 1 fully saturated rings. The van der Waals surface area contributed by atoms with E-state index in [0.717, 1.165) is 69.5 Å². The molecular weight excluding hydrogens is 646 g/mol. The first-order valence-corrected chi connectivity index (χ1v) is 17.6. The molecule has 4 aromatic rings. The van der Waals surface area contributed by atoms with Crippen LogP contribution in [0.4, 0.5) is 18.9 Å². The van der Waals surface area contributed by atoms with E-state index < -0.39 is 24.0 Å². The molecule has 2 amide bonds. The highest BCUT2D eigenvalue weighted by molar-refractivity contribution is 7.99. The lowest BCUT2D eigenvalue weighted by atomic mass is 9.70. The monoisotopic (exact) mass is 684 g/mol. The van der Waals surface area contributed by atoms with Crippen molar-refractivity contribution < 1.29 is 22.8 Å². The number of nitrogens with zero attached hydrogens (tertiary/aromatic N) is 3. The minimum atomic E-state index is -4.51. The Bertz CT molecular complexity index is 1800. The average molecular weight is 685 g/mol. The fourth-order valence-corrected chi connectivity index (χ4v) is 8.80. The molecule has 1 atom stereocenters. The molecule has 0 spiro atoms. The summed E-state index contributed by atoms with van der Waals surface area (Å²) in [6.45, 7) is 5.20. The van der Waals surface area contributed by atoms with Crippen LogP contribution in [-0.2, 0) is 16.8 Å². The van der Waals surface area contributed by atoms with Crippen LogP contribution in [0.25, 0.3) is 0 Å². The van der Waals surface area contributed by atoms with Gasteiger partial charge in [0.05, 0.1) is 6.04 Å². The van der Waals surface area contributed by atoms with Gasteiger partial charge in [0.2, 0.25) is 5.91 Å². The molecule has 0 saturated carbocycles. The second-order valence-corrected chi connectivity index (χ2v) is 14.2. The predicted octanol–water partition coefficient (Wildman–Crippen LogP) is 7.44. The Balaban J connectivity index is 1.02. The standard InChI is InChI=1S/C39H39F3N4O2S/c1-27(28-10-3-2-4-11-28)46-25-29-16-17-30(24-31(29)36(46)47)45-22-20-44(21-23-45)19-9-18-38(37(48)43-26-39(40,41)42)32-12-5-7-14-34(32)49-35-15-8-6-13-33(35)38/h2-8,10-17,24,27H,9,18-23,25-26H2,1H3,(H,43,48). The van der Waals surface area contributed by atoms with Crippen LogP contribution < -0.4 is 10.2 Å². The summed E-state index contributed by atoms with van der Waals surface area (Å²) in [4.78, 5) is 35.8. The molecule has 49 heavy (non-hydrogen) atoms. The summed E-state index contributed by atoms with van der Waals surface area (Å²) >= 11 is 1.55. The highest BCUT2D eigenvalue weighted by Crippen LogP contribution is 2.51. The first kappa shape index (κ1) is 33.2. The van der Waals surface area contributed by atoms with Crippen molar-refractivity contribution >= 4 is 29.3 Å². The number of fused-ring (bicyclic) bond motifs is 3. The summed E-state index contributed by atoms with van der Waals surface area (Å²) < 4.78 is 39.9. The fraction of sp³-hybridized carbons (Fsp3) is 0.333. The minimum absolute atomic E-state index is 0.0164. The molecule has 7 rings (SSSR count). The maximum absolute atomic E-state index is 13.9. The van der Waals surface area contributed by atoms with Crippen molar-refractivity contribution in [3.05, 3.63) is 125 Å². The minimum Gasteiger partial charge on any atom is -0.369 e. The molecule has 1 N–H and O–H groups in total. The van der Waals surface area contributed by atoms with Crippen LogP contribution in [0.15, 0.2) is 107 Å². The summed E-state index contributed by atoms with van der Waals surface area (Å²) in [6.07, 6.45) is -3.49. The fourth-order valence-electron chi connectivity index (χ4n) is 7.57. The van der Waals surface area contributed by atoms with Crippen LogP contribution in [0.3, 0.4) is 0 Å². The number of carbonyl (C=O) groups excluding carboxylic acids is 2. The molecule has 10 heteroatoms. The SMILES string of the molecule is CC(c1ccccc1)N1Cc2ccc(N3CCN(CCCC4(C(=O)NCC(F)(F)F)c5ccccc5Sc5ccccc54)CC3)cc2C1=O. The van der Waals surface area contributed by atoms with Gasteiger partial charge in [0.25, 0.3) is 5.91 Å². The third-order valence-corrected chi connectivity index (χ3v) is 11.3. The first-order chi connectivity index (χ1) is 23.6. The van der Waals surface area contributed by atoms with E-state index >= 15 is 0 Å². The van der Waals surface area contributed by atoms with Gasteiger partial charge in [-0.3, -0.25) is 14.5 Å². The third-order valence-electron chi connectivity index (χ3n) is 10.2. The van der Waals surface area contributed by atoms with Crippen LogP contribution in [0.1, 0.15) is 58.4 Å². The number of alkyl halides is 3. The maximum Gasteiger partial charge on any atom is 0.405 e. The molecule has 254 valence electrons. The molecule has 3 heterocycles. The highest BCUT2D eigenvalue weighted by Gasteiger charge is 2.47. The smallest absolute Gasteiger partial charge is 0.369 e. The van der Waals surface area contributed by atoms with Crippen LogP contribution in [0.2, 0.25) is 0 Å². The van der Waals surface area contributed by atoms with Gasteiger partial charge in [0, 0.05) is 53.8 Å². The van der Waals surface area contributed by atoms with Gasteiger partial charge in [-0.25, -0.2) is 0 Å². The number of nitrogens with one attached hydrogen (secondary N) is 1. The van der Waals surface area contributed by atoms with Gasteiger partial charge in [-0.05, 0) is 72.8 Å². The van der Waals surface area contributed by atoms with E-state index in [9.17, 15) is 22.8 Å². The van der Waals surface area contributed by atoms with E-state index in [-0.39, 0.29) is 11.9 Å². The van der Waals surface area contributed by atoms with E-state index in [0.29, 0.717) is 25.9 Å². The number of amides is 2. The Kier molecular flexibility index (Phi) is 9.19. The zero-order chi connectivity index (χ0) is 34.2. The molecule has 0 radical (unpaired) electrons. The second kappa shape index (κ2) is 13.6. The quantitative estimate of drug-likeness (QED) is 0.199. The zero-order valence-electron chi connectivity index (χ0n) is 27.4. The summed E-state index contributed by atoms with van der Waals surface area (Å²) in [5.41, 5.74) is 4.25. The number of carbonyl (C=O) groups is 2. The van der Waals surface area contributed by atoms with Crippen molar-refractivity contribution in [1.82, 2.24) is 15.1 Å². The zero-order valence-corrected chi connectivity index (χ0v) is 28.2. The molecule has 4 aromatic carbocycles. The van der Waals surface area contributed by atoms with Crippen molar-refractivity contribution in [2.75, 3.05) is 44.2 Å². The van der Waals surface area contributed by atoms with Gasteiger partial charge >= 0.3 is 6.18 Å². The number of rotatable bonds is 9. The number of hydrogen-bond donors (Lipinski definition) is 1. The average Bonchev–Trinajstić information content (AvgIpc) is 3.45. The van der Waals surface area contributed by atoms with Crippen molar-refractivity contribution in [2.24, 2.45) is 0 Å². The number of piperazine rings is 1. The lowest BCUT2D eigenvalue weighted by molar-refractivity contribution is -0.141. The lowest BCUT2D eigenvalue weighted by Crippen LogP contribution is -2.50. The van der Waals surface area contributed by atoms with Gasteiger partial charge in [-0.2, -0.15) is 13.2 Å². The Morgan fingerprint density at radius 2 is 1.51 bits per heavy atom. The van der Waals surface area contributed by atoms with Crippen LogP contribution in [0.5, 0.6) is 0 Å². The Morgan fingerprint density at radius 3 is 2.16 bits per heavy atom. The molecule has 0 aliphatic carbocycles. The van der Waals surface area contributed by atoms with Gasteiger partial charge in [0.15, 0.2) is 0 Å². The Hall–Kier alpha value is -4.28.